The third-order valence-corrected chi connectivity index (χ3v) is 4.34. The first-order chi connectivity index (χ1) is 14.4. The number of aliphatic carboxylic acids is 1. The molecule has 168 valence electrons. The molecule has 2 N–H and O–H groups in total. The molecule has 1 atom stereocenters. The fourth-order valence-electron chi connectivity index (χ4n) is 2.39. The van der Waals surface area contributed by atoms with Crippen molar-refractivity contribution in [1.29, 1.82) is 0 Å². The fourth-order valence-corrected chi connectivity index (χ4v) is 2.70. The van der Waals surface area contributed by atoms with Crippen LogP contribution in [0.15, 0.2) is 18.5 Å². The quantitative estimate of drug-likeness (QED) is 0.225. The molecule has 14 heteroatoms. The summed E-state index contributed by atoms with van der Waals surface area (Å²) in [6.07, 6.45) is -2.49. The predicted molar refractivity (Wildman–Crippen MR) is 94.1 cm³/mol. The number of nitrogens with one attached hydrogen (secondary N) is 1. The van der Waals surface area contributed by atoms with Crippen molar-refractivity contribution in [2.45, 2.75) is 18.5 Å². The minimum atomic E-state index is -5.08. The van der Waals surface area contributed by atoms with E-state index in [4.69, 9.17) is 9.90 Å². The Morgan fingerprint density at radius 3 is 2.03 bits per heavy atom. The molecule has 3 rings (SSSR count). The largest absolute Gasteiger partial charge is 0.490 e. The average Bonchev–Trinajstić information content (AvgIpc) is 3.14. The Bertz CT molecular complexity index is 1040. The number of aromatic amines is 1. The van der Waals surface area contributed by atoms with Gasteiger partial charge in [0.2, 0.25) is 5.82 Å². The van der Waals surface area contributed by atoms with E-state index in [9.17, 15) is 35.1 Å². The van der Waals surface area contributed by atoms with Crippen molar-refractivity contribution in [3.05, 3.63) is 58.9 Å². The normalized spacial score (nSPS) is 12.4. The first-order valence-electron chi connectivity index (χ1n) is 8.09. The van der Waals surface area contributed by atoms with E-state index < -0.39 is 59.1 Å². The molecule has 0 radical (unpaired) electrons. The molecule has 0 saturated heterocycles. The summed E-state index contributed by atoms with van der Waals surface area (Å²) >= 11 is 4.10. The van der Waals surface area contributed by atoms with Crippen molar-refractivity contribution in [2.75, 3.05) is 5.75 Å². The van der Waals surface area contributed by atoms with E-state index in [0.29, 0.717) is 16.9 Å². The van der Waals surface area contributed by atoms with Gasteiger partial charge in [-0.2, -0.15) is 25.8 Å². The molecule has 0 saturated carbocycles. The van der Waals surface area contributed by atoms with E-state index in [1.54, 1.807) is 6.07 Å². The number of H-pyrrole nitrogens is 1. The Kier molecular flexibility index (Phi) is 7.46. The second-order valence-electron chi connectivity index (χ2n) is 5.95. The van der Waals surface area contributed by atoms with Crippen LogP contribution in [0.4, 0.5) is 35.1 Å². The lowest BCUT2D eigenvalue weighted by Crippen LogP contribution is -2.21. The van der Waals surface area contributed by atoms with Crippen molar-refractivity contribution in [2.24, 2.45) is 0 Å². The highest BCUT2D eigenvalue weighted by Gasteiger charge is 2.38. The number of imidazole rings is 1. The van der Waals surface area contributed by atoms with Crippen LogP contribution in [0.2, 0.25) is 0 Å². The molecule has 0 aliphatic carbocycles. The smallest absolute Gasteiger partial charge is 0.475 e. The van der Waals surface area contributed by atoms with E-state index in [2.05, 4.69) is 27.6 Å². The monoisotopic (exact) mass is 473 g/mol. The zero-order valence-electron chi connectivity index (χ0n) is 14.9. The van der Waals surface area contributed by atoms with Crippen LogP contribution in [-0.4, -0.2) is 38.0 Å². The summed E-state index contributed by atoms with van der Waals surface area (Å²) in [6.45, 7) is 0. The first kappa shape index (κ1) is 24.4. The Morgan fingerprint density at radius 2 is 1.58 bits per heavy atom. The SMILES string of the molecule is Fc1c(F)c(F)c(C[C@H](CS)c2nc3ccncc3[nH]2)c(F)c1F.O=C(O)C(F)(F)F. The standard InChI is InChI=1S/C15H10F5N3S.C2HF3O2/c16-10-7(11(17)13(19)14(20)12(10)18)3-6(5-24)15-22-8-1-2-21-4-9(8)23-15;3-2(4,5)1(6)7/h1-2,4,6,24H,3,5H2,(H,22,23);(H,6,7)/t6-;/m1./s1. The molecule has 0 aliphatic rings. The van der Waals surface area contributed by atoms with Crippen LogP contribution in [0.25, 0.3) is 11.0 Å². The second-order valence-corrected chi connectivity index (χ2v) is 6.32. The minimum absolute atomic E-state index is 0.0900. The number of thiol groups is 1. The highest BCUT2D eigenvalue weighted by Crippen LogP contribution is 2.29. The lowest BCUT2D eigenvalue weighted by atomic mass is 9.98. The van der Waals surface area contributed by atoms with Crippen molar-refractivity contribution in [3.8, 4) is 0 Å². The van der Waals surface area contributed by atoms with Gasteiger partial charge in [-0.05, 0) is 12.5 Å². The summed E-state index contributed by atoms with van der Waals surface area (Å²) in [6, 6.07) is 1.63. The Hall–Kier alpha value is -2.90. The molecule has 3 aromatic rings. The third kappa shape index (κ3) is 5.42. The topological polar surface area (TPSA) is 78.9 Å². The maximum Gasteiger partial charge on any atom is 0.490 e. The number of carboxylic acids is 1. The highest BCUT2D eigenvalue weighted by atomic mass is 32.1. The van der Waals surface area contributed by atoms with Crippen LogP contribution < -0.4 is 0 Å². The van der Waals surface area contributed by atoms with Crippen molar-refractivity contribution < 1.29 is 45.0 Å². The van der Waals surface area contributed by atoms with Crippen molar-refractivity contribution in [3.63, 3.8) is 0 Å². The number of aromatic nitrogens is 3. The molecule has 2 aromatic heterocycles. The van der Waals surface area contributed by atoms with Gasteiger partial charge in [-0.1, -0.05) is 0 Å². The summed E-state index contributed by atoms with van der Waals surface area (Å²) in [4.78, 5) is 20.0. The number of rotatable bonds is 4. The Morgan fingerprint density at radius 1 is 1.06 bits per heavy atom. The fraction of sp³-hybridized carbons (Fsp3) is 0.235. The van der Waals surface area contributed by atoms with Gasteiger partial charge in [0.05, 0.1) is 17.2 Å². The molecule has 0 spiro atoms. The van der Waals surface area contributed by atoms with Gasteiger partial charge in [0.15, 0.2) is 23.3 Å². The van der Waals surface area contributed by atoms with Gasteiger partial charge < -0.3 is 10.1 Å². The van der Waals surface area contributed by atoms with Gasteiger partial charge in [-0.15, -0.1) is 0 Å². The van der Waals surface area contributed by atoms with Crippen molar-refractivity contribution in [1.82, 2.24) is 15.0 Å². The Labute approximate surface area is 173 Å². The van der Waals surface area contributed by atoms with E-state index in [0.717, 1.165) is 0 Å². The van der Waals surface area contributed by atoms with Crippen molar-refractivity contribution >= 4 is 29.6 Å². The molecule has 0 amide bonds. The molecular weight excluding hydrogens is 462 g/mol. The lowest BCUT2D eigenvalue weighted by molar-refractivity contribution is -0.192. The number of halogens is 8. The number of pyridine rings is 1. The summed E-state index contributed by atoms with van der Waals surface area (Å²) in [7, 11) is 0. The van der Waals surface area contributed by atoms with E-state index in [1.165, 1.54) is 12.4 Å². The van der Waals surface area contributed by atoms with Crippen LogP contribution in [-0.2, 0) is 11.2 Å². The zero-order chi connectivity index (χ0) is 23.5. The zero-order valence-corrected chi connectivity index (χ0v) is 15.8. The predicted octanol–water partition coefficient (Wildman–Crippen LogP) is 4.54. The van der Waals surface area contributed by atoms with Gasteiger partial charge >= 0.3 is 12.1 Å². The molecule has 0 aliphatic heterocycles. The summed E-state index contributed by atoms with van der Waals surface area (Å²) in [5, 5.41) is 7.12. The van der Waals surface area contributed by atoms with Crippen LogP contribution in [0.1, 0.15) is 17.3 Å². The second kappa shape index (κ2) is 9.49. The third-order valence-electron chi connectivity index (χ3n) is 3.90. The number of hydrogen-bond acceptors (Lipinski definition) is 4. The number of benzene rings is 1. The maximum atomic E-state index is 13.8. The molecule has 0 unspecified atom stereocenters. The lowest BCUT2D eigenvalue weighted by Gasteiger charge is -2.14. The molecule has 2 heterocycles. The minimum Gasteiger partial charge on any atom is -0.475 e. The number of carbonyl (C=O) groups is 1. The van der Waals surface area contributed by atoms with Gasteiger partial charge in [0.25, 0.3) is 0 Å². The number of fused-ring (bicyclic) bond motifs is 1. The number of carboxylic acid groups (broad SMARTS) is 1. The number of hydrogen-bond donors (Lipinski definition) is 3. The highest BCUT2D eigenvalue weighted by molar-refractivity contribution is 7.80. The van der Waals surface area contributed by atoms with Crippen LogP contribution >= 0.6 is 12.6 Å². The van der Waals surface area contributed by atoms with Crippen LogP contribution in [0.3, 0.4) is 0 Å². The average molecular weight is 473 g/mol. The molecule has 1 aromatic carbocycles. The number of alkyl halides is 3. The summed E-state index contributed by atoms with van der Waals surface area (Å²) < 4.78 is 99.1. The summed E-state index contributed by atoms with van der Waals surface area (Å²) in [5.74, 6) is -12.8. The molecular formula is C17H11F8N3O2S. The molecule has 0 bridgehead atoms. The molecule has 0 fully saturated rings. The van der Waals surface area contributed by atoms with E-state index in [1.807, 2.05) is 0 Å². The van der Waals surface area contributed by atoms with Gasteiger partial charge in [-0.3, -0.25) is 4.98 Å². The first-order valence-corrected chi connectivity index (χ1v) is 8.72. The molecule has 5 nitrogen and oxygen atoms in total. The van der Waals surface area contributed by atoms with E-state index in [-0.39, 0.29) is 5.75 Å². The van der Waals surface area contributed by atoms with Gasteiger partial charge in [0.1, 0.15) is 5.82 Å². The summed E-state index contributed by atoms with van der Waals surface area (Å²) in [5.41, 5.74) is 0.282. The molecule has 31 heavy (non-hydrogen) atoms. The van der Waals surface area contributed by atoms with Gasteiger partial charge in [-0.25, -0.2) is 31.7 Å². The van der Waals surface area contributed by atoms with Crippen LogP contribution in [0, 0.1) is 29.1 Å². The van der Waals surface area contributed by atoms with Crippen LogP contribution in [0.5, 0.6) is 0 Å². The van der Waals surface area contributed by atoms with Gasteiger partial charge in [0, 0.05) is 23.4 Å². The van der Waals surface area contributed by atoms with E-state index >= 15 is 0 Å². The maximum absolute atomic E-state index is 13.8. The Balaban J connectivity index is 0.000000423. The number of nitrogens with zero attached hydrogens (tertiary/aromatic N) is 2.